The number of β-amino-alcohol motifs (C(OH)–C–C–N with tert-alkyl or cyclic N) is 1. The van der Waals surface area contributed by atoms with E-state index in [0.29, 0.717) is 66.7 Å². The molecule has 0 spiro atoms. The van der Waals surface area contributed by atoms with Crippen LogP contribution in [-0.2, 0) is 20.7 Å². The number of fused-ring (bicyclic) bond motifs is 4. The lowest BCUT2D eigenvalue weighted by Gasteiger charge is -2.42. The molecule has 5 saturated heterocycles. The molecule has 7 aromatic rings. The first kappa shape index (κ1) is 53.8. The lowest BCUT2D eigenvalue weighted by molar-refractivity contribution is -0.141. The Morgan fingerprint density at radius 2 is 1.71 bits per heavy atom. The van der Waals surface area contributed by atoms with E-state index >= 15 is 4.39 Å². The van der Waals surface area contributed by atoms with Crippen LogP contribution >= 0.6 is 11.3 Å². The number of aliphatic hydroxyl groups excluding tert-OH is 1. The van der Waals surface area contributed by atoms with E-state index in [0.717, 1.165) is 96.3 Å². The van der Waals surface area contributed by atoms with Gasteiger partial charge in [0, 0.05) is 88.7 Å². The van der Waals surface area contributed by atoms with Gasteiger partial charge in [-0.3, -0.25) is 19.5 Å². The molecule has 0 aliphatic carbocycles. The number of hydrogen-bond donors (Lipinski definition) is 4. The van der Waals surface area contributed by atoms with Crippen molar-refractivity contribution in [3.05, 3.63) is 101 Å². The fourth-order valence-electron chi connectivity index (χ4n) is 12.7. The van der Waals surface area contributed by atoms with Crippen molar-refractivity contribution >= 4 is 56.5 Å². The molecule has 2 bridgehead atoms. The van der Waals surface area contributed by atoms with Crippen molar-refractivity contribution in [1.29, 1.82) is 0 Å². The first-order chi connectivity index (χ1) is 38.7. The number of pyridine rings is 1. The summed E-state index contributed by atoms with van der Waals surface area (Å²) in [6, 6.07) is 18.7. The molecule has 4 N–H and O–H groups in total. The maximum absolute atomic E-state index is 17.1. The second-order valence-corrected chi connectivity index (χ2v) is 23.6. The van der Waals surface area contributed by atoms with Crippen molar-refractivity contribution in [1.82, 2.24) is 45.5 Å². The first-order valence-corrected chi connectivity index (χ1v) is 29.3. The predicted molar refractivity (Wildman–Crippen MR) is 305 cm³/mol. The van der Waals surface area contributed by atoms with Crippen LogP contribution in [0.25, 0.3) is 43.4 Å². The van der Waals surface area contributed by atoms with Gasteiger partial charge in [0.15, 0.2) is 17.4 Å². The molecule has 2 unspecified atom stereocenters. The molecule has 80 heavy (non-hydrogen) atoms. The van der Waals surface area contributed by atoms with E-state index in [1.165, 1.54) is 4.90 Å². The fourth-order valence-corrected chi connectivity index (χ4v) is 13.5. The number of carbonyl (C=O) groups excluding carboxylic acids is 2. The van der Waals surface area contributed by atoms with Crippen molar-refractivity contribution in [3.8, 4) is 33.5 Å². The standard InChI is InChI=1S/C60H70FN11O7S/c1-6-36-8-7-9-39-22-42(73)23-46(52(36)39)54-53(61)55-47(26-62-54)57(71-27-40-14-15-41(28-71)65-40)67-60(66-55)77-21-20-69-18-16-44(17-19-69)78-45-30-70(31-45)50-25-49(79-68-50)51(33(2)3)59(76)72-29-43(74)24-48(72)58(75)64-34(4)37-10-12-38(13-11-37)56-35(5)63-32-80-56/h7-13,22-23,25-26,32-34,40-41,43-45,48,51,65,73-74H,6,14-21,24,27-31H2,1-5H3,(H,64,75)/t34-,40?,41?,43+,48-,51+/m0/s1. The van der Waals surface area contributed by atoms with E-state index in [-0.39, 0.29) is 71.9 Å². The molecule has 4 aromatic heterocycles. The molecule has 420 valence electrons. The molecule has 20 heteroatoms. The molecule has 5 fully saturated rings. The van der Waals surface area contributed by atoms with Gasteiger partial charge in [-0.1, -0.05) is 68.4 Å². The van der Waals surface area contributed by atoms with Gasteiger partial charge >= 0.3 is 6.01 Å². The van der Waals surface area contributed by atoms with Gasteiger partial charge in [0.1, 0.15) is 41.3 Å². The number of aromatic hydroxyl groups is 1. The van der Waals surface area contributed by atoms with Crippen LogP contribution < -0.4 is 25.2 Å². The van der Waals surface area contributed by atoms with E-state index in [1.807, 2.05) is 81.7 Å². The normalized spacial score (nSPS) is 21.7. The number of carbonyl (C=O) groups is 2. The fraction of sp³-hybridized carbons (Fsp3) is 0.483. The summed E-state index contributed by atoms with van der Waals surface area (Å²) in [7, 11) is 0. The number of halogens is 1. The summed E-state index contributed by atoms with van der Waals surface area (Å²) < 4.78 is 35.9. The number of ether oxygens (including phenoxy) is 2. The van der Waals surface area contributed by atoms with E-state index < -0.39 is 23.9 Å². The smallest absolute Gasteiger partial charge is 0.319 e. The molecule has 0 saturated carbocycles. The van der Waals surface area contributed by atoms with Crippen LogP contribution in [0.1, 0.15) is 94.3 Å². The summed E-state index contributed by atoms with van der Waals surface area (Å²) >= 11 is 1.59. The van der Waals surface area contributed by atoms with E-state index in [1.54, 1.807) is 29.7 Å². The van der Waals surface area contributed by atoms with Crippen LogP contribution in [0.5, 0.6) is 11.8 Å². The van der Waals surface area contributed by atoms with Crippen molar-refractivity contribution in [2.45, 2.75) is 122 Å². The number of rotatable bonds is 17. The molecule has 5 aliphatic heterocycles. The number of nitrogens with zero attached hydrogens (tertiary/aromatic N) is 9. The quantitative estimate of drug-likeness (QED) is 0.0683. The average Bonchev–Trinajstić information content (AvgIpc) is 4.30. The molecule has 5 aliphatic rings. The molecule has 9 heterocycles. The highest BCUT2D eigenvalue weighted by Crippen LogP contribution is 2.40. The molecule has 2 amide bonds. The molecule has 0 radical (unpaired) electrons. The van der Waals surface area contributed by atoms with Crippen molar-refractivity contribution in [2.75, 3.05) is 68.8 Å². The van der Waals surface area contributed by atoms with Crippen molar-refractivity contribution < 1.29 is 38.2 Å². The molecular formula is C60H70FN11O7S. The molecule has 6 atom stereocenters. The van der Waals surface area contributed by atoms with Crippen molar-refractivity contribution in [2.24, 2.45) is 5.92 Å². The van der Waals surface area contributed by atoms with Gasteiger partial charge in [-0.25, -0.2) is 9.37 Å². The van der Waals surface area contributed by atoms with Gasteiger partial charge in [-0.05, 0) is 91.5 Å². The van der Waals surface area contributed by atoms with Gasteiger partial charge in [0.2, 0.25) is 11.8 Å². The minimum atomic E-state index is -0.831. The van der Waals surface area contributed by atoms with Gasteiger partial charge < -0.3 is 49.5 Å². The number of benzene rings is 3. The number of likely N-dealkylation sites (tertiary alicyclic amines) is 2. The number of thiazole rings is 1. The summed E-state index contributed by atoms with van der Waals surface area (Å²) in [6.07, 6.45) is 5.71. The zero-order chi connectivity index (χ0) is 55.3. The van der Waals surface area contributed by atoms with Crippen molar-refractivity contribution in [3.63, 3.8) is 0 Å². The average molecular weight is 1110 g/mol. The Bertz CT molecular complexity index is 3390. The monoisotopic (exact) mass is 1110 g/mol. The third kappa shape index (κ3) is 10.8. The first-order valence-electron chi connectivity index (χ1n) is 28.4. The number of phenols is 1. The van der Waals surface area contributed by atoms with Gasteiger partial charge in [-0.15, -0.1) is 11.3 Å². The number of piperidine rings is 1. The summed E-state index contributed by atoms with van der Waals surface area (Å²) in [5.74, 6) is -0.331. The Kier molecular flexibility index (Phi) is 15.2. The van der Waals surface area contributed by atoms with Gasteiger partial charge in [0.05, 0.1) is 45.8 Å². The van der Waals surface area contributed by atoms with Crippen LogP contribution in [0, 0.1) is 18.7 Å². The maximum atomic E-state index is 17.1. The minimum absolute atomic E-state index is 0.0203. The summed E-state index contributed by atoms with van der Waals surface area (Å²) in [6.45, 7) is 15.3. The molecule has 12 rings (SSSR count). The molecule has 18 nitrogen and oxygen atoms in total. The SMILES string of the molecule is CCc1cccc2cc(O)cc(-c3ncc4c(N5CC6CCC(C5)N6)nc(OCCN5CCC(OC6CN(c7cc([C@H](C(=O)N8C[C@H](O)C[C@H]8C(=O)N[C@@H](C)c8ccc(-c9scnc9C)cc8)C(C)C)on7)C6)CC5)nc4c3F)c12. The van der Waals surface area contributed by atoms with Gasteiger partial charge in [0.25, 0.3) is 0 Å². The lowest BCUT2D eigenvalue weighted by atomic mass is 9.91. The zero-order valence-corrected chi connectivity index (χ0v) is 46.8. The third-order valence-electron chi connectivity index (χ3n) is 17.0. The molecule has 3 aromatic carbocycles. The number of amides is 2. The maximum Gasteiger partial charge on any atom is 0.319 e. The van der Waals surface area contributed by atoms with Gasteiger partial charge in [-0.2, -0.15) is 9.97 Å². The zero-order valence-electron chi connectivity index (χ0n) is 46.0. The topological polar surface area (TPSA) is 208 Å². The van der Waals surface area contributed by atoms with Crippen LogP contribution in [0.3, 0.4) is 0 Å². The van der Waals surface area contributed by atoms with E-state index in [2.05, 4.69) is 42.4 Å². The van der Waals surface area contributed by atoms with E-state index in [9.17, 15) is 19.8 Å². The number of aliphatic hydroxyl groups is 1. The number of phenolic OH excluding ortho intramolecular Hbond substituents is 1. The number of nitrogens with one attached hydrogen (secondary N) is 2. The number of aromatic nitrogens is 5. The number of hydrogen-bond acceptors (Lipinski definition) is 17. The predicted octanol–water partition coefficient (Wildman–Crippen LogP) is 7.94. The highest BCUT2D eigenvalue weighted by Gasteiger charge is 2.44. The Morgan fingerprint density at radius 3 is 2.44 bits per heavy atom. The third-order valence-corrected chi connectivity index (χ3v) is 17.9. The summed E-state index contributed by atoms with van der Waals surface area (Å²) in [5, 5.41) is 34.9. The van der Waals surface area contributed by atoms with Crippen LogP contribution in [-0.4, -0.2) is 152 Å². The lowest BCUT2D eigenvalue weighted by Crippen LogP contribution is -2.54. The minimum Gasteiger partial charge on any atom is -0.508 e. The van der Waals surface area contributed by atoms with Crippen LogP contribution in [0.4, 0.5) is 16.0 Å². The van der Waals surface area contributed by atoms with Crippen LogP contribution in [0.15, 0.2) is 76.9 Å². The Hall–Kier alpha value is -6.84. The number of piperazine rings is 1. The molecular weight excluding hydrogens is 1040 g/mol. The summed E-state index contributed by atoms with van der Waals surface area (Å²) in [4.78, 5) is 56.2. The number of anilines is 2. The highest BCUT2D eigenvalue weighted by molar-refractivity contribution is 7.13. The highest BCUT2D eigenvalue weighted by atomic mass is 32.1. The van der Waals surface area contributed by atoms with Crippen LogP contribution in [0.2, 0.25) is 0 Å². The van der Waals surface area contributed by atoms with E-state index in [4.69, 9.17) is 28.9 Å². The second-order valence-electron chi connectivity index (χ2n) is 22.8. The Morgan fingerprint density at radius 1 is 0.938 bits per heavy atom. The number of aryl methyl sites for hydroxylation is 2. The summed E-state index contributed by atoms with van der Waals surface area (Å²) in [5.41, 5.74) is 6.61. The Labute approximate surface area is 468 Å². The largest absolute Gasteiger partial charge is 0.508 e. The second kappa shape index (κ2) is 22.6. The Balaban J connectivity index is 0.640.